The molecule has 5 heteroatoms. The highest BCUT2D eigenvalue weighted by molar-refractivity contribution is 5.76. The van der Waals surface area contributed by atoms with Crippen LogP contribution < -0.4 is 0 Å². The largest absolute Gasteiger partial charge is 0.366 e. The second-order valence-corrected chi connectivity index (χ2v) is 5.27. The number of para-hydroxylation sites is 4. The maximum Gasteiger partial charge on any atom is 0.135 e. The molecule has 5 nitrogen and oxygen atoms in total. The number of aryl methyl sites for hydroxylation is 1. The van der Waals surface area contributed by atoms with E-state index in [0.717, 1.165) is 33.7 Å². The zero-order valence-electron chi connectivity index (χ0n) is 12.3. The van der Waals surface area contributed by atoms with Crippen molar-refractivity contribution in [2.24, 2.45) is 7.05 Å². The van der Waals surface area contributed by atoms with Crippen LogP contribution in [-0.4, -0.2) is 19.5 Å². The van der Waals surface area contributed by atoms with Crippen LogP contribution in [0.4, 0.5) is 0 Å². The first-order chi connectivity index (χ1) is 10.8. The van der Waals surface area contributed by atoms with E-state index >= 15 is 0 Å². The van der Waals surface area contributed by atoms with Crippen LogP contribution in [0.5, 0.6) is 0 Å². The SMILES string of the molecule is Cn1c(COCc2nc3ccccc3[nH]2)nc2ccccc21. The molecule has 0 fully saturated rings. The van der Waals surface area contributed by atoms with E-state index in [-0.39, 0.29) is 0 Å². The maximum atomic E-state index is 5.77. The van der Waals surface area contributed by atoms with Gasteiger partial charge in [0.15, 0.2) is 0 Å². The molecule has 1 N–H and O–H groups in total. The van der Waals surface area contributed by atoms with Crippen molar-refractivity contribution in [3.05, 3.63) is 60.2 Å². The number of aromatic amines is 1. The van der Waals surface area contributed by atoms with Gasteiger partial charge in [0.25, 0.3) is 0 Å². The lowest BCUT2D eigenvalue weighted by Crippen LogP contribution is -2.02. The number of H-pyrrole nitrogens is 1. The van der Waals surface area contributed by atoms with Crippen LogP contribution in [0.2, 0.25) is 0 Å². The molecule has 0 saturated heterocycles. The van der Waals surface area contributed by atoms with Crippen molar-refractivity contribution >= 4 is 22.1 Å². The number of imidazole rings is 2. The Balaban J connectivity index is 1.48. The lowest BCUT2D eigenvalue weighted by atomic mass is 10.3. The minimum Gasteiger partial charge on any atom is -0.366 e. The highest BCUT2D eigenvalue weighted by atomic mass is 16.5. The molecule has 0 amide bonds. The second-order valence-electron chi connectivity index (χ2n) is 5.27. The monoisotopic (exact) mass is 292 g/mol. The van der Waals surface area contributed by atoms with E-state index in [1.807, 2.05) is 49.5 Å². The van der Waals surface area contributed by atoms with Gasteiger partial charge in [-0.05, 0) is 24.3 Å². The smallest absolute Gasteiger partial charge is 0.135 e. The molecule has 110 valence electrons. The van der Waals surface area contributed by atoms with Crippen LogP contribution in [0.15, 0.2) is 48.5 Å². The first-order valence-corrected chi connectivity index (χ1v) is 7.23. The quantitative estimate of drug-likeness (QED) is 0.628. The second kappa shape index (κ2) is 5.27. The Kier molecular flexibility index (Phi) is 3.12. The molecular formula is C17H16N4O. The topological polar surface area (TPSA) is 55.7 Å². The van der Waals surface area contributed by atoms with Crippen LogP contribution >= 0.6 is 0 Å². The Morgan fingerprint density at radius 1 is 0.955 bits per heavy atom. The molecule has 0 atom stereocenters. The third-order valence-corrected chi connectivity index (χ3v) is 3.79. The van der Waals surface area contributed by atoms with Crippen molar-refractivity contribution < 1.29 is 4.74 Å². The molecule has 0 radical (unpaired) electrons. The van der Waals surface area contributed by atoms with E-state index in [2.05, 4.69) is 25.6 Å². The minimum absolute atomic E-state index is 0.442. The van der Waals surface area contributed by atoms with E-state index in [0.29, 0.717) is 13.2 Å². The summed E-state index contributed by atoms with van der Waals surface area (Å²) in [7, 11) is 2.01. The van der Waals surface area contributed by atoms with Crippen molar-refractivity contribution in [2.45, 2.75) is 13.2 Å². The fraction of sp³-hybridized carbons (Fsp3) is 0.176. The van der Waals surface area contributed by atoms with E-state index in [1.165, 1.54) is 0 Å². The fourth-order valence-electron chi connectivity index (χ4n) is 2.64. The number of hydrogen-bond donors (Lipinski definition) is 1. The molecule has 0 saturated carbocycles. The molecule has 4 aromatic rings. The molecule has 2 aromatic carbocycles. The van der Waals surface area contributed by atoms with Crippen molar-refractivity contribution in [3.63, 3.8) is 0 Å². The molecule has 0 unspecified atom stereocenters. The molecule has 2 heterocycles. The molecule has 0 aliphatic rings. The Bertz CT molecular complexity index is 905. The summed E-state index contributed by atoms with van der Waals surface area (Å²) >= 11 is 0. The predicted molar refractivity (Wildman–Crippen MR) is 85.3 cm³/mol. The van der Waals surface area contributed by atoms with Gasteiger partial charge in [-0.3, -0.25) is 0 Å². The van der Waals surface area contributed by atoms with Crippen molar-refractivity contribution in [1.29, 1.82) is 0 Å². The summed E-state index contributed by atoms with van der Waals surface area (Å²) in [6, 6.07) is 16.1. The summed E-state index contributed by atoms with van der Waals surface area (Å²) in [6.45, 7) is 0.903. The lowest BCUT2D eigenvalue weighted by molar-refractivity contribution is 0.0958. The van der Waals surface area contributed by atoms with Gasteiger partial charge >= 0.3 is 0 Å². The van der Waals surface area contributed by atoms with Crippen molar-refractivity contribution in [2.75, 3.05) is 0 Å². The first kappa shape index (κ1) is 13.0. The van der Waals surface area contributed by atoms with Gasteiger partial charge in [-0.25, -0.2) is 9.97 Å². The fourth-order valence-corrected chi connectivity index (χ4v) is 2.64. The Hall–Kier alpha value is -2.66. The zero-order chi connectivity index (χ0) is 14.9. The number of fused-ring (bicyclic) bond motifs is 2. The molecule has 0 bridgehead atoms. The number of rotatable bonds is 4. The predicted octanol–water partition coefficient (Wildman–Crippen LogP) is 3.17. The van der Waals surface area contributed by atoms with Crippen LogP contribution in [0.3, 0.4) is 0 Å². The van der Waals surface area contributed by atoms with E-state index < -0.39 is 0 Å². The first-order valence-electron chi connectivity index (χ1n) is 7.23. The number of hydrogen-bond acceptors (Lipinski definition) is 3. The van der Waals surface area contributed by atoms with Crippen LogP contribution in [0, 0.1) is 0 Å². The number of ether oxygens (including phenoxy) is 1. The van der Waals surface area contributed by atoms with Crippen LogP contribution in [0.1, 0.15) is 11.6 Å². The summed E-state index contributed by atoms with van der Waals surface area (Å²) in [5, 5.41) is 0. The van der Waals surface area contributed by atoms with Gasteiger partial charge in [-0.1, -0.05) is 24.3 Å². The summed E-state index contributed by atoms with van der Waals surface area (Å²) in [5.41, 5.74) is 4.10. The third-order valence-electron chi connectivity index (χ3n) is 3.79. The van der Waals surface area contributed by atoms with Gasteiger partial charge in [0, 0.05) is 7.05 Å². The zero-order valence-corrected chi connectivity index (χ0v) is 12.3. The van der Waals surface area contributed by atoms with Gasteiger partial charge < -0.3 is 14.3 Å². The third kappa shape index (κ3) is 2.25. The van der Waals surface area contributed by atoms with Gasteiger partial charge in [0.1, 0.15) is 24.9 Å². The summed E-state index contributed by atoms with van der Waals surface area (Å²) in [6.07, 6.45) is 0. The molecule has 0 spiro atoms. The molecule has 4 rings (SSSR count). The maximum absolute atomic E-state index is 5.77. The van der Waals surface area contributed by atoms with Gasteiger partial charge in [-0.15, -0.1) is 0 Å². The number of benzene rings is 2. The standard InChI is InChI=1S/C17H16N4O/c1-21-15-9-5-4-8-14(15)20-17(21)11-22-10-16-18-12-6-2-3-7-13(12)19-16/h2-9H,10-11H2,1H3,(H,18,19). The van der Waals surface area contributed by atoms with Gasteiger partial charge in [0.05, 0.1) is 22.1 Å². The summed E-state index contributed by atoms with van der Waals surface area (Å²) in [5.74, 6) is 1.75. The van der Waals surface area contributed by atoms with E-state index in [4.69, 9.17) is 4.74 Å². The highest BCUT2D eigenvalue weighted by Crippen LogP contribution is 2.15. The van der Waals surface area contributed by atoms with E-state index in [9.17, 15) is 0 Å². The van der Waals surface area contributed by atoms with Crippen molar-refractivity contribution in [3.8, 4) is 0 Å². The highest BCUT2D eigenvalue weighted by Gasteiger charge is 2.08. The average Bonchev–Trinajstić information content (AvgIpc) is 3.09. The molecule has 2 aromatic heterocycles. The van der Waals surface area contributed by atoms with Crippen LogP contribution in [0.25, 0.3) is 22.1 Å². The summed E-state index contributed by atoms with van der Waals surface area (Å²) in [4.78, 5) is 12.4. The number of nitrogens with zero attached hydrogens (tertiary/aromatic N) is 3. The Labute approximate surface area is 127 Å². The molecular weight excluding hydrogens is 276 g/mol. The minimum atomic E-state index is 0.442. The normalized spacial score (nSPS) is 11.5. The lowest BCUT2D eigenvalue weighted by Gasteiger charge is -2.03. The Morgan fingerprint density at radius 2 is 1.73 bits per heavy atom. The van der Waals surface area contributed by atoms with Crippen LogP contribution in [-0.2, 0) is 25.0 Å². The molecule has 0 aliphatic heterocycles. The van der Waals surface area contributed by atoms with Crippen molar-refractivity contribution in [1.82, 2.24) is 19.5 Å². The van der Waals surface area contributed by atoms with Gasteiger partial charge in [0.2, 0.25) is 0 Å². The molecule has 0 aliphatic carbocycles. The average molecular weight is 292 g/mol. The number of aromatic nitrogens is 4. The number of nitrogens with one attached hydrogen (secondary N) is 1. The summed E-state index contributed by atoms with van der Waals surface area (Å²) < 4.78 is 7.83. The molecule has 22 heavy (non-hydrogen) atoms. The van der Waals surface area contributed by atoms with E-state index in [1.54, 1.807) is 0 Å². The van der Waals surface area contributed by atoms with Gasteiger partial charge in [-0.2, -0.15) is 0 Å². The Morgan fingerprint density at radius 3 is 2.55 bits per heavy atom.